The summed E-state index contributed by atoms with van der Waals surface area (Å²) in [7, 11) is 1.23. The Hall–Kier alpha value is -5.28. The second kappa shape index (κ2) is 11.4. The summed E-state index contributed by atoms with van der Waals surface area (Å²) in [6.45, 7) is 0. The maximum absolute atomic E-state index is 12.7. The number of hydrogen-bond acceptors (Lipinski definition) is 9. The Bertz CT molecular complexity index is 1480. The lowest BCUT2D eigenvalue weighted by atomic mass is 10.1. The van der Waals surface area contributed by atoms with Gasteiger partial charge in [0.1, 0.15) is 17.4 Å². The van der Waals surface area contributed by atoms with Crippen LogP contribution in [0.1, 0.15) is 15.9 Å². The zero-order chi connectivity index (χ0) is 27.1. The molecule has 3 aromatic carbocycles. The van der Waals surface area contributed by atoms with Crippen molar-refractivity contribution in [1.82, 2.24) is 0 Å². The Labute approximate surface area is 213 Å². The normalized spacial score (nSPS) is 10.7. The Morgan fingerprint density at radius 2 is 1.68 bits per heavy atom. The van der Waals surface area contributed by atoms with E-state index in [-0.39, 0.29) is 33.2 Å². The summed E-state index contributed by atoms with van der Waals surface area (Å²) in [5, 5.41) is 34.7. The second-order valence-electron chi connectivity index (χ2n) is 7.14. The fraction of sp³-hybridized carbons (Fsp3) is 0.0417. The van der Waals surface area contributed by atoms with Crippen LogP contribution in [0, 0.1) is 31.6 Å². The molecule has 0 aliphatic rings. The number of amides is 1. The third kappa shape index (κ3) is 6.44. The monoisotopic (exact) mass is 522 g/mol. The van der Waals surface area contributed by atoms with E-state index in [4.69, 9.17) is 16.3 Å². The quantitative estimate of drug-likeness (QED) is 0.135. The molecule has 0 saturated carbocycles. The molecule has 0 atom stereocenters. The van der Waals surface area contributed by atoms with Gasteiger partial charge in [-0.25, -0.2) is 4.79 Å². The van der Waals surface area contributed by atoms with Crippen molar-refractivity contribution >= 4 is 46.6 Å². The van der Waals surface area contributed by atoms with Crippen LogP contribution in [0.2, 0.25) is 5.02 Å². The Balaban J connectivity index is 1.93. The Morgan fingerprint density at radius 3 is 2.27 bits per heavy atom. The van der Waals surface area contributed by atoms with Crippen LogP contribution in [0.4, 0.5) is 17.1 Å². The molecule has 0 bridgehead atoms. The van der Waals surface area contributed by atoms with Crippen LogP contribution in [0.25, 0.3) is 6.08 Å². The molecular weight excluding hydrogens is 508 g/mol. The average Bonchev–Trinajstić information content (AvgIpc) is 2.88. The number of hydrogen-bond donors (Lipinski definition) is 1. The van der Waals surface area contributed by atoms with Crippen molar-refractivity contribution in [1.29, 1.82) is 5.26 Å². The predicted molar refractivity (Wildman–Crippen MR) is 131 cm³/mol. The van der Waals surface area contributed by atoms with Crippen LogP contribution in [-0.4, -0.2) is 28.8 Å². The Morgan fingerprint density at radius 1 is 1.00 bits per heavy atom. The van der Waals surface area contributed by atoms with Crippen LogP contribution in [0.5, 0.6) is 11.5 Å². The standard InChI is InChI=1S/C24H15ClN4O8/c1-36-24(31)14-2-5-18(6-3-14)27-23(30)16(13-26)10-15-11-17(25)4-8-21(15)37-22-9-7-19(28(32)33)12-20(22)29(34)35/h2-12H,1H3,(H,27,30)/b16-10+. The lowest BCUT2D eigenvalue weighted by Gasteiger charge is -2.10. The van der Waals surface area contributed by atoms with Crippen molar-refractivity contribution < 1.29 is 28.9 Å². The van der Waals surface area contributed by atoms with E-state index in [1.54, 1.807) is 6.07 Å². The number of ether oxygens (including phenoxy) is 2. The molecule has 186 valence electrons. The number of nitriles is 1. The van der Waals surface area contributed by atoms with Gasteiger partial charge in [0.05, 0.1) is 28.6 Å². The highest BCUT2D eigenvalue weighted by molar-refractivity contribution is 6.30. The van der Waals surface area contributed by atoms with Gasteiger partial charge in [-0.3, -0.25) is 25.0 Å². The highest BCUT2D eigenvalue weighted by atomic mass is 35.5. The summed E-state index contributed by atoms with van der Waals surface area (Å²) < 4.78 is 10.2. The van der Waals surface area contributed by atoms with Gasteiger partial charge in [0, 0.05) is 22.3 Å². The number of nitro benzene ring substituents is 2. The molecule has 0 saturated heterocycles. The highest BCUT2D eigenvalue weighted by Crippen LogP contribution is 2.37. The third-order valence-electron chi connectivity index (χ3n) is 4.77. The number of nitrogens with one attached hydrogen (secondary N) is 1. The summed E-state index contributed by atoms with van der Waals surface area (Å²) in [4.78, 5) is 45.0. The first-order chi connectivity index (χ1) is 17.6. The van der Waals surface area contributed by atoms with E-state index in [2.05, 4.69) is 10.1 Å². The molecule has 0 aliphatic carbocycles. The molecule has 0 radical (unpaired) electrons. The molecule has 3 aromatic rings. The number of anilines is 1. The number of carbonyl (C=O) groups is 2. The van der Waals surface area contributed by atoms with Crippen LogP contribution < -0.4 is 10.1 Å². The smallest absolute Gasteiger partial charge is 0.337 e. The number of nitro groups is 2. The molecule has 3 rings (SSSR count). The first-order valence-electron chi connectivity index (χ1n) is 10.1. The van der Waals surface area contributed by atoms with Gasteiger partial charge in [-0.15, -0.1) is 0 Å². The van der Waals surface area contributed by atoms with Crippen molar-refractivity contribution in [3.05, 3.63) is 103 Å². The number of nitrogens with zero attached hydrogens (tertiary/aromatic N) is 3. The first-order valence-corrected chi connectivity index (χ1v) is 10.5. The Kier molecular flexibility index (Phi) is 8.13. The van der Waals surface area contributed by atoms with Gasteiger partial charge in [-0.1, -0.05) is 11.6 Å². The van der Waals surface area contributed by atoms with E-state index >= 15 is 0 Å². The number of rotatable bonds is 8. The lowest BCUT2D eigenvalue weighted by molar-refractivity contribution is -0.394. The molecule has 0 fully saturated rings. The first kappa shape index (κ1) is 26.3. The molecule has 0 aliphatic heterocycles. The van der Waals surface area contributed by atoms with Crippen molar-refractivity contribution in [3.63, 3.8) is 0 Å². The van der Waals surface area contributed by atoms with E-state index in [0.29, 0.717) is 5.69 Å². The van der Waals surface area contributed by atoms with E-state index in [0.717, 1.165) is 24.3 Å². The number of benzene rings is 3. The zero-order valence-corrected chi connectivity index (χ0v) is 19.6. The number of esters is 1. The summed E-state index contributed by atoms with van der Waals surface area (Å²) in [5.41, 5.74) is -0.832. The molecule has 12 nitrogen and oxygen atoms in total. The van der Waals surface area contributed by atoms with E-state index in [1.807, 2.05) is 0 Å². The van der Waals surface area contributed by atoms with Gasteiger partial charge in [0.15, 0.2) is 0 Å². The van der Waals surface area contributed by atoms with Crippen molar-refractivity contribution in [3.8, 4) is 17.6 Å². The van der Waals surface area contributed by atoms with Crippen LogP contribution in [0.3, 0.4) is 0 Å². The fourth-order valence-corrected chi connectivity index (χ4v) is 3.18. The topological polar surface area (TPSA) is 175 Å². The van der Waals surface area contributed by atoms with Gasteiger partial charge in [0.25, 0.3) is 11.6 Å². The van der Waals surface area contributed by atoms with Gasteiger partial charge in [0.2, 0.25) is 5.75 Å². The average molecular weight is 523 g/mol. The van der Waals surface area contributed by atoms with Gasteiger partial charge >= 0.3 is 11.7 Å². The van der Waals surface area contributed by atoms with E-state index < -0.39 is 33.1 Å². The molecule has 1 amide bonds. The van der Waals surface area contributed by atoms with Crippen LogP contribution in [-0.2, 0) is 9.53 Å². The maximum atomic E-state index is 12.7. The predicted octanol–water partition coefficient (Wildman–Crippen LogP) is 5.28. The van der Waals surface area contributed by atoms with Crippen LogP contribution in [0.15, 0.2) is 66.2 Å². The molecular formula is C24H15ClN4O8. The summed E-state index contributed by atoms with van der Waals surface area (Å²) >= 11 is 6.06. The molecule has 13 heteroatoms. The van der Waals surface area contributed by atoms with Gasteiger partial charge in [-0.05, 0) is 54.6 Å². The minimum absolute atomic E-state index is 0.00988. The minimum atomic E-state index is -0.840. The number of methoxy groups -OCH3 is 1. The SMILES string of the molecule is COC(=O)c1ccc(NC(=O)/C(C#N)=C/c2cc(Cl)ccc2Oc2ccc([N+](=O)[O-])cc2[N+](=O)[O-])cc1. The lowest BCUT2D eigenvalue weighted by Crippen LogP contribution is -2.13. The van der Waals surface area contributed by atoms with Gasteiger partial charge < -0.3 is 14.8 Å². The minimum Gasteiger partial charge on any atom is -0.465 e. The molecule has 0 unspecified atom stereocenters. The summed E-state index contributed by atoms with van der Waals surface area (Å²) in [6, 6.07) is 14.5. The van der Waals surface area contributed by atoms with Crippen molar-refractivity contribution in [2.45, 2.75) is 0 Å². The molecule has 37 heavy (non-hydrogen) atoms. The highest BCUT2D eigenvalue weighted by Gasteiger charge is 2.22. The number of halogens is 1. The third-order valence-corrected chi connectivity index (χ3v) is 5.01. The van der Waals surface area contributed by atoms with E-state index in [9.17, 15) is 35.1 Å². The zero-order valence-electron chi connectivity index (χ0n) is 18.8. The maximum Gasteiger partial charge on any atom is 0.337 e. The largest absolute Gasteiger partial charge is 0.465 e. The van der Waals surface area contributed by atoms with Gasteiger partial charge in [-0.2, -0.15) is 5.26 Å². The van der Waals surface area contributed by atoms with E-state index in [1.165, 1.54) is 49.6 Å². The molecule has 0 spiro atoms. The fourth-order valence-electron chi connectivity index (χ4n) is 3.00. The molecule has 0 heterocycles. The molecule has 1 N–H and O–H groups in total. The number of carbonyl (C=O) groups excluding carboxylic acids is 2. The van der Waals surface area contributed by atoms with Crippen molar-refractivity contribution in [2.75, 3.05) is 12.4 Å². The summed E-state index contributed by atoms with van der Waals surface area (Å²) in [5.74, 6) is -1.66. The van der Waals surface area contributed by atoms with Crippen LogP contribution >= 0.6 is 11.6 Å². The molecule has 0 aromatic heterocycles. The van der Waals surface area contributed by atoms with Crippen molar-refractivity contribution in [2.24, 2.45) is 0 Å². The second-order valence-corrected chi connectivity index (χ2v) is 7.58. The number of non-ortho nitro benzene ring substituents is 1. The summed E-state index contributed by atoms with van der Waals surface area (Å²) in [6.07, 6.45) is 1.16.